The lowest BCUT2D eigenvalue weighted by Crippen LogP contribution is -2.41. The van der Waals surface area contributed by atoms with Crippen LogP contribution in [0.4, 0.5) is 0 Å². The summed E-state index contributed by atoms with van der Waals surface area (Å²) in [6.45, 7) is 2.13. The van der Waals surface area contributed by atoms with Gasteiger partial charge in [-0.05, 0) is 61.6 Å². The van der Waals surface area contributed by atoms with E-state index < -0.39 is 0 Å². The van der Waals surface area contributed by atoms with Crippen LogP contribution in [-0.4, -0.2) is 36.1 Å². The Kier molecular flexibility index (Phi) is 6.85. The normalized spacial score (nSPS) is 20.2. The van der Waals surface area contributed by atoms with Crippen molar-refractivity contribution in [1.82, 2.24) is 15.3 Å². The smallest absolute Gasteiger partial charge is 0.253 e. The minimum Gasteiger partial charge on any atom is -0.495 e. The van der Waals surface area contributed by atoms with Crippen molar-refractivity contribution in [3.8, 4) is 11.6 Å². The fraction of sp³-hybridized carbons (Fsp3) is 0.500. The molecule has 2 aromatic rings. The molecule has 0 unspecified atom stereocenters. The summed E-state index contributed by atoms with van der Waals surface area (Å²) >= 11 is 0. The second kappa shape index (κ2) is 9.53. The maximum Gasteiger partial charge on any atom is 0.253 e. The van der Waals surface area contributed by atoms with Crippen molar-refractivity contribution in [3.63, 3.8) is 0 Å². The molecule has 2 aromatic heterocycles. The van der Waals surface area contributed by atoms with E-state index in [0.717, 1.165) is 37.9 Å². The summed E-state index contributed by atoms with van der Waals surface area (Å²) in [6, 6.07) is 5.73. The average Bonchev–Trinajstić information content (AvgIpc) is 2.77. The highest BCUT2D eigenvalue weighted by molar-refractivity contribution is 5.94. The fourth-order valence-electron chi connectivity index (χ4n) is 4.07. The van der Waals surface area contributed by atoms with Gasteiger partial charge in [0.2, 0.25) is 5.88 Å². The van der Waals surface area contributed by atoms with Crippen molar-refractivity contribution in [1.29, 1.82) is 0 Å². The number of hydrogen-bond acceptors (Lipinski definition) is 5. The largest absolute Gasteiger partial charge is 0.495 e. The van der Waals surface area contributed by atoms with E-state index in [-0.39, 0.29) is 11.9 Å². The van der Waals surface area contributed by atoms with Crippen LogP contribution < -0.4 is 14.8 Å². The molecule has 1 N–H and O–H groups in total. The molecule has 0 aliphatic heterocycles. The molecule has 1 aliphatic carbocycles. The maximum atomic E-state index is 12.6. The van der Waals surface area contributed by atoms with Crippen LogP contribution in [0.3, 0.4) is 0 Å². The molecule has 1 aliphatic rings. The van der Waals surface area contributed by atoms with Gasteiger partial charge in [-0.15, -0.1) is 0 Å². The van der Waals surface area contributed by atoms with Crippen molar-refractivity contribution in [2.45, 2.75) is 51.0 Å². The van der Waals surface area contributed by atoms with Gasteiger partial charge in [-0.25, -0.2) is 4.98 Å². The molecule has 0 saturated heterocycles. The Balaban J connectivity index is 1.57. The van der Waals surface area contributed by atoms with Gasteiger partial charge in [0.15, 0.2) is 0 Å². The summed E-state index contributed by atoms with van der Waals surface area (Å²) in [4.78, 5) is 21.0. The van der Waals surface area contributed by atoms with Crippen LogP contribution in [0, 0.1) is 5.92 Å². The molecule has 1 saturated carbocycles. The average molecular weight is 383 g/mol. The van der Waals surface area contributed by atoms with Crippen molar-refractivity contribution >= 4 is 5.91 Å². The van der Waals surface area contributed by atoms with E-state index in [1.54, 1.807) is 38.7 Å². The zero-order valence-corrected chi connectivity index (χ0v) is 16.9. The SMILES string of the molecule is CC[C@@H](NC(=O)c1ccc(OC)nc1)C1CCC(c2cncc(OC)c2)CC1. The number of nitrogens with one attached hydrogen (secondary N) is 1. The van der Waals surface area contributed by atoms with Crippen molar-refractivity contribution in [3.05, 3.63) is 47.9 Å². The van der Waals surface area contributed by atoms with Gasteiger partial charge in [-0.3, -0.25) is 9.78 Å². The first kappa shape index (κ1) is 20.1. The minimum absolute atomic E-state index is 0.0684. The molecule has 0 aromatic carbocycles. The Morgan fingerprint density at radius 2 is 1.93 bits per heavy atom. The molecule has 6 heteroatoms. The first-order valence-electron chi connectivity index (χ1n) is 9.94. The number of aromatic nitrogens is 2. The van der Waals surface area contributed by atoms with Crippen LogP contribution in [-0.2, 0) is 0 Å². The molecule has 1 fully saturated rings. The molecule has 28 heavy (non-hydrogen) atoms. The summed E-state index contributed by atoms with van der Waals surface area (Å²) in [6.07, 6.45) is 10.6. The van der Waals surface area contributed by atoms with Crippen molar-refractivity contribution < 1.29 is 14.3 Å². The van der Waals surface area contributed by atoms with Crippen molar-refractivity contribution in [2.24, 2.45) is 5.92 Å². The predicted molar refractivity (Wildman–Crippen MR) is 108 cm³/mol. The van der Waals surface area contributed by atoms with Gasteiger partial charge in [-0.2, -0.15) is 0 Å². The third-order valence-corrected chi connectivity index (χ3v) is 5.75. The number of methoxy groups -OCH3 is 2. The number of rotatable bonds is 7. The standard InChI is InChI=1S/C22H29N3O3/c1-4-20(25-22(26)17-9-10-21(28-3)24-13-17)16-7-5-15(6-8-16)18-11-19(27-2)14-23-12-18/h9-16,20H,4-8H2,1-3H3,(H,25,26)/t15?,16?,20-/m1/s1. The number of nitrogens with zero attached hydrogens (tertiary/aromatic N) is 2. The number of carbonyl (C=O) groups excluding carboxylic acids is 1. The number of amides is 1. The molecular formula is C22H29N3O3. The van der Waals surface area contributed by atoms with Gasteiger partial charge in [0.05, 0.1) is 26.0 Å². The van der Waals surface area contributed by atoms with E-state index in [1.807, 2.05) is 6.20 Å². The van der Waals surface area contributed by atoms with E-state index in [4.69, 9.17) is 9.47 Å². The third kappa shape index (κ3) is 4.80. The molecular weight excluding hydrogens is 354 g/mol. The second-order valence-corrected chi connectivity index (χ2v) is 7.35. The highest BCUT2D eigenvalue weighted by Crippen LogP contribution is 2.38. The first-order chi connectivity index (χ1) is 13.6. The van der Waals surface area contributed by atoms with Gasteiger partial charge in [0, 0.05) is 24.5 Å². The van der Waals surface area contributed by atoms with Crippen LogP contribution in [0.15, 0.2) is 36.8 Å². The lowest BCUT2D eigenvalue weighted by molar-refractivity contribution is 0.0909. The Hall–Kier alpha value is -2.63. The summed E-state index contributed by atoms with van der Waals surface area (Å²) in [5.74, 6) is 2.26. The fourth-order valence-corrected chi connectivity index (χ4v) is 4.07. The van der Waals surface area contributed by atoms with E-state index >= 15 is 0 Å². The zero-order chi connectivity index (χ0) is 19.9. The Labute approximate surface area is 166 Å². The molecule has 0 radical (unpaired) electrons. The number of hydrogen-bond donors (Lipinski definition) is 1. The number of carbonyl (C=O) groups is 1. The van der Waals surface area contributed by atoms with E-state index in [2.05, 4.69) is 28.3 Å². The molecule has 3 rings (SSSR count). The van der Waals surface area contributed by atoms with Gasteiger partial charge in [-0.1, -0.05) is 6.92 Å². The zero-order valence-electron chi connectivity index (χ0n) is 16.9. The first-order valence-corrected chi connectivity index (χ1v) is 9.94. The van der Waals surface area contributed by atoms with Crippen LogP contribution in [0.2, 0.25) is 0 Å². The lowest BCUT2D eigenvalue weighted by Gasteiger charge is -2.34. The quantitative estimate of drug-likeness (QED) is 0.783. The molecule has 0 spiro atoms. The third-order valence-electron chi connectivity index (χ3n) is 5.75. The van der Waals surface area contributed by atoms with Crippen LogP contribution in [0.25, 0.3) is 0 Å². The number of pyridine rings is 2. The second-order valence-electron chi connectivity index (χ2n) is 7.35. The van der Waals surface area contributed by atoms with Crippen LogP contribution in [0.1, 0.15) is 60.9 Å². The van der Waals surface area contributed by atoms with Gasteiger partial charge in [0.25, 0.3) is 5.91 Å². The molecule has 150 valence electrons. The molecule has 1 amide bonds. The Morgan fingerprint density at radius 3 is 2.54 bits per heavy atom. The highest BCUT2D eigenvalue weighted by Gasteiger charge is 2.29. The van der Waals surface area contributed by atoms with Crippen molar-refractivity contribution in [2.75, 3.05) is 14.2 Å². The van der Waals surface area contributed by atoms with Gasteiger partial charge >= 0.3 is 0 Å². The minimum atomic E-state index is -0.0684. The predicted octanol–water partition coefficient (Wildman–Crippen LogP) is 3.98. The van der Waals surface area contributed by atoms with E-state index in [0.29, 0.717) is 23.3 Å². The summed E-state index contributed by atoms with van der Waals surface area (Å²) in [5.41, 5.74) is 1.81. The summed E-state index contributed by atoms with van der Waals surface area (Å²) in [7, 11) is 3.23. The topological polar surface area (TPSA) is 73.3 Å². The molecule has 1 atom stereocenters. The maximum absolute atomic E-state index is 12.6. The Morgan fingerprint density at radius 1 is 1.14 bits per heavy atom. The molecule has 2 heterocycles. The summed E-state index contributed by atoms with van der Waals surface area (Å²) < 4.78 is 10.4. The van der Waals surface area contributed by atoms with Gasteiger partial charge in [0.1, 0.15) is 5.75 Å². The highest BCUT2D eigenvalue weighted by atomic mass is 16.5. The van der Waals surface area contributed by atoms with E-state index in [9.17, 15) is 4.79 Å². The molecule has 6 nitrogen and oxygen atoms in total. The lowest BCUT2D eigenvalue weighted by atomic mass is 9.75. The molecule has 0 bridgehead atoms. The monoisotopic (exact) mass is 383 g/mol. The number of ether oxygens (including phenoxy) is 2. The van der Waals surface area contributed by atoms with E-state index in [1.165, 1.54) is 5.56 Å². The van der Waals surface area contributed by atoms with Gasteiger partial charge < -0.3 is 14.8 Å². The Bertz CT molecular complexity index is 771. The van der Waals surface area contributed by atoms with Crippen LogP contribution in [0.5, 0.6) is 11.6 Å². The summed E-state index contributed by atoms with van der Waals surface area (Å²) in [5, 5.41) is 3.21. The van der Waals surface area contributed by atoms with Crippen LogP contribution >= 0.6 is 0 Å².